The second-order valence-electron chi connectivity index (χ2n) is 8.67. The second-order valence-corrected chi connectivity index (χ2v) is 8.67. The molecule has 0 amide bonds. The maximum atomic E-state index is 11.9. The van der Waals surface area contributed by atoms with Crippen molar-refractivity contribution in [1.82, 2.24) is 0 Å². The van der Waals surface area contributed by atoms with E-state index in [2.05, 4.69) is 0 Å². The van der Waals surface area contributed by atoms with Gasteiger partial charge in [-0.2, -0.15) is 0 Å². The number of rotatable bonds is 14. The molecule has 0 atom stereocenters. The number of ketones is 1. The van der Waals surface area contributed by atoms with Crippen molar-refractivity contribution in [1.29, 1.82) is 0 Å². The van der Waals surface area contributed by atoms with Gasteiger partial charge in [-0.15, -0.1) is 0 Å². The van der Waals surface area contributed by atoms with Crippen molar-refractivity contribution < 1.29 is 14.3 Å². The van der Waals surface area contributed by atoms with Crippen LogP contribution in [0.1, 0.15) is 113 Å². The van der Waals surface area contributed by atoms with Crippen molar-refractivity contribution in [3.8, 4) is 0 Å². The summed E-state index contributed by atoms with van der Waals surface area (Å²) >= 11 is 0. The molecule has 0 radical (unpaired) electrons. The molecule has 1 aromatic carbocycles. The Labute approximate surface area is 177 Å². The maximum Gasteiger partial charge on any atom is 0.306 e. The van der Waals surface area contributed by atoms with Gasteiger partial charge in [-0.3, -0.25) is 9.59 Å². The standard InChI is InChI=1S/C26H40O3/c27-25(24-19-13-9-14-20-24)22-29-26(28)21-15-6-4-2-1-3-5-10-16-23-17-11-7-8-12-18-23/h9,13-14,19-20,23H,1-8,10-12,15-18,21-22H2/i2+1,3+1,6+1,10+1,21+1. The van der Waals surface area contributed by atoms with Gasteiger partial charge in [-0.1, -0.05) is 120 Å². The third kappa shape index (κ3) is 11.2. The fraction of sp³-hybridized carbons (Fsp3) is 0.692. The Bertz CT molecular complexity index is 559. The number of Topliss-reactive ketones (excluding diaryl/α,β-unsaturated/α-hetero) is 1. The van der Waals surface area contributed by atoms with Gasteiger partial charge in [0.1, 0.15) is 0 Å². The Morgan fingerprint density at radius 3 is 2.00 bits per heavy atom. The van der Waals surface area contributed by atoms with E-state index in [9.17, 15) is 9.59 Å². The first-order valence-corrected chi connectivity index (χ1v) is 12.0. The van der Waals surface area contributed by atoms with Gasteiger partial charge in [-0.25, -0.2) is 0 Å². The van der Waals surface area contributed by atoms with E-state index in [-0.39, 0.29) is 18.4 Å². The Hall–Kier alpha value is -1.64. The zero-order valence-corrected chi connectivity index (χ0v) is 18.2. The quantitative estimate of drug-likeness (QED) is 0.107. The molecule has 1 aliphatic carbocycles. The molecule has 0 heterocycles. The fourth-order valence-electron chi connectivity index (χ4n) is 4.34. The van der Waals surface area contributed by atoms with Crippen LogP contribution in [-0.4, -0.2) is 18.4 Å². The first kappa shape index (κ1) is 23.6. The molecule has 3 nitrogen and oxygen atoms in total. The summed E-state index contributed by atoms with van der Waals surface area (Å²) in [6.07, 6.45) is 20.5. The van der Waals surface area contributed by atoms with Crippen LogP contribution in [0.25, 0.3) is 0 Å². The van der Waals surface area contributed by atoms with Gasteiger partial charge < -0.3 is 4.74 Å². The first-order valence-electron chi connectivity index (χ1n) is 12.0. The van der Waals surface area contributed by atoms with Gasteiger partial charge in [0.05, 0.1) is 0 Å². The lowest BCUT2D eigenvalue weighted by atomic mass is 9.99. The third-order valence-corrected chi connectivity index (χ3v) is 6.18. The summed E-state index contributed by atoms with van der Waals surface area (Å²) in [7, 11) is 0. The molecular weight excluding hydrogens is 365 g/mol. The largest absolute Gasteiger partial charge is 0.457 e. The number of hydrogen-bond donors (Lipinski definition) is 0. The smallest absolute Gasteiger partial charge is 0.306 e. The van der Waals surface area contributed by atoms with Gasteiger partial charge in [0.2, 0.25) is 0 Å². The minimum atomic E-state index is -0.257. The Morgan fingerprint density at radius 2 is 1.34 bits per heavy atom. The number of carbonyl (C=O) groups excluding carboxylic acids is 2. The van der Waals surface area contributed by atoms with Crippen molar-refractivity contribution in [2.24, 2.45) is 5.92 Å². The molecule has 1 fully saturated rings. The van der Waals surface area contributed by atoms with Crippen molar-refractivity contribution in [3.05, 3.63) is 35.9 Å². The molecule has 0 unspecified atom stereocenters. The van der Waals surface area contributed by atoms with Crippen LogP contribution in [0.3, 0.4) is 0 Å². The van der Waals surface area contributed by atoms with E-state index in [1.165, 1.54) is 83.5 Å². The van der Waals surface area contributed by atoms with Crippen molar-refractivity contribution in [3.63, 3.8) is 0 Å². The third-order valence-electron chi connectivity index (χ3n) is 6.18. The summed E-state index contributed by atoms with van der Waals surface area (Å²) in [5, 5.41) is 0. The van der Waals surface area contributed by atoms with E-state index in [0.717, 1.165) is 18.8 Å². The van der Waals surface area contributed by atoms with E-state index >= 15 is 0 Å². The molecule has 0 N–H and O–H groups in total. The number of esters is 1. The van der Waals surface area contributed by atoms with Crippen molar-refractivity contribution in [2.45, 2.75) is 103 Å². The summed E-state index contributed by atoms with van der Waals surface area (Å²) in [6.45, 7) is -0.149. The number of ether oxygens (including phenoxy) is 1. The molecule has 2 rings (SSSR count). The van der Waals surface area contributed by atoms with E-state index in [1.54, 1.807) is 12.1 Å². The van der Waals surface area contributed by atoms with Gasteiger partial charge in [0.15, 0.2) is 12.4 Å². The predicted octanol–water partition coefficient (Wildman–Crippen LogP) is 7.28. The molecule has 1 aromatic rings. The van der Waals surface area contributed by atoms with E-state index in [1.807, 2.05) is 18.2 Å². The van der Waals surface area contributed by atoms with Crippen LogP contribution < -0.4 is 0 Å². The molecule has 3 heteroatoms. The van der Waals surface area contributed by atoms with Crippen LogP contribution in [-0.2, 0) is 9.53 Å². The van der Waals surface area contributed by atoms with Gasteiger partial charge in [0, 0.05) is 12.0 Å². The Morgan fingerprint density at radius 1 is 0.759 bits per heavy atom. The van der Waals surface area contributed by atoms with Crippen molar-refractivity contribution >= 4 is 11.8 Å². The lowest BCUT2D eigenvalue weighted by molar-refractivity contribution is -0.142. The van der Waals surface area contributed by atoms with Crippen LogP contribution >= 0.6 is 0 Å². The number of carbonyl (C=O) groups is 2. The molecule has 1 saturated carbocycles. The molecule has 162 valence electrons. The lowest BCUT2D eigenvalue weighted by Gasteiger charge is -2.13. The minimum Gasteiger partial charge on any atom is -0.457 e. The highest BCUT2D eigenvalue weighted by Crippen LogP contribution is 2.27. The Kier molecular flexibility index (Phi) is 12.4. The SMILES string of the molecule is O=C([13CH2]C[13CH2]C[13CH2]C[13CH2]C[13CH2]CC1CCCCCC1)OCC(=O)c1ccccc1. The molecule has 0 aromatic heterocycles. The molecule has 0 bridgehead atoms. The normalized spacial score (nSPS) is 15.0. The zero-order chi connectivity index (χ0) is 20.6. The van der Waals surface area contributed by atoms with Crippen LogP contribution in [0.2, 0.25) is 0 Å². The van der Waals surface area contributed by atoms with Crippen LogP contribution in [0.4, 0.5) is 0 Å². The van der Waals surface area contributed by atoms with E-state index < -0.39 is 0 Å². The number of unbranched alkanes of at least 4 members (excludes halogenated alkanes) is 7. The lowest BCUT2D eigenvalue weighted by Crippen LogP contribution is -2.13. The van der Waals surface area contributed by atoms with Crippen LogP contribution in [0, 0.1) is 5.92 Å². The summed E-state index contributed by atoms with van der Waals surface area (Å²) in [5.74, 6) is 0.617. The number of benzene rings is 1. The van der Waals surface area contributed by atoms with Gasteiger partial charge in [0.25, 0.3) is 0 Å². The maximum absolute atomic E-state index is 11.9. The first-order chi connectivity index (χ1) is 14.3. The number of hydrogen-bond acceptors (Lipinski definition) is 3. The molecule has 1 aliphatic rings. The minimum absolute atomic E-state index is 0.141. The average molecular weight is 406 g/mol. The van der Waals surface area contributed by atoms with Crippen LogP contribution in [0.15, 0.2) is 30.3 Å². The highest BCUT2D eigenvalue weighted by atomic mass is 16.5. The van der Waals surface area contributed by atoms with E-state index in [4.69, 9.17) is 4.74 Å². The summed E-state index contributed by atoms with van der Waals surface area (Å²) in [4.78, 5) is 23.7. The highest BCUT2D eigenvalue weighted by molar-refractivity contribution is 5.97. The molecule has 0 spiro atoms. The zero-order valence-electron chi connectivity index (χ0n) is 18.2. The molecule has 0 aliphatic heterocycles. The topological polar surface area (TPSA) is 43.4 Å². The molecule has 29 heavy (non-hydrogen) atoms. The highest BCUT2D eigenvalue weighted by Gasteiger charge is 2.11. The molecule has 0 saturated heterocycles. The fourth-order valence-corrected chi connectivity index (χ4v) is 4.34. The average Bonchev–Trinajstić information content (AvgIpc) is 3.03. The second kappa shape index (κ2) is 15.2. The Balaban J connectivity index is 1.36. The molecular formula is C26H40O3. The summed E-state index contributed by atoms with van der Waals surface area (Å²) in [6, 6.07) is 8.97. The van der Waals surface area contributed by atoms with Crippen LogP contribution in [0.5, 0.6) is 0 Å². The van der Waals surface area contributed by atoms with Crippen molar-refractivity contribution in [2.75, 3.05) is 6.61 Å². The summed E-state index contributed by atoms with van der Waals surface area (Å²) < 4.78 is 5.10. The monoisotopic (exact) mass is 405 g/mol. The van der Waals surface area contributed by atoms with E-state index in [0.29, 0.717) is 12.0 Å². The predicted molar refractivity (Wildman–Crippen MR) is 119 cm³/mol. The summed E-state index contributed by atoms with van der Waals surface area (Å²) in [5.41, 5.74) is 0.592. The van der Waals surface area contributed by atoms with Gasteiger partial charge >= 0.3 is 5.97 Å². The van der Waals surface area contributed by atoms with Gasteiger partial charge in [-0.05, 0) is 12.3 Å².